The average molecular weight is 726 g/mol. The standard InChI is InChI=1S/C48H43N3O4/c1-27(2)33-9-7-10-34(28(3)4)46(33)50-48(53)41-24-22-37-35-11-8-12-39-42(26-25-36(43(35)39)38-21-23-40(47(49)52)45(41)44(37)38)51(29-13-17-31(54-5)18-14-29)30-15-19-32(55-6)20-16-30/h7-28H,1-6H3,(H2,49,52)(H,50,53). The molecule has 55 heavy (non-hydrogen) atoms. The number of rotatable bonds is 10. The average Bonchev–Trinajstić information content (AvgIpc) is 3.20. The molecule has 0 aliphatic carbocycles. The highest BCUT2D eigenvalue weighted by Crippen LogP contribution is 2.47. The first-order valence-corrected chi connectivity index (χ1v) is 18.6. The van der Waals surface area contributed by atoms with E-state index in [1.165, 1.54) is 0 Å². The Balaban J connectivity index is 1.37. The maximum absolute atomic E-state index is 14.5. The van der Waals surface area contributed by atoms with Gasteiger partial charge in [-0.25, -0.2) is 0 Å². The molecule has 0 aromatic heterocycles. The van der Waals surface area contributed by atoms with E-state index in [-0.39, 0.29) is 17.7 Å². The maximum Gasteiger partial charge on any atom is 0.256 e. The summed E-state index contributed by atoms with van der Waals surface area (Å²) in [6.45, 7) is 8.50. The van der Waals surface area contributed by atoms with Crippen molar-refractivity contribution in [2.75, 3.05) is 24.4 Å². The van der Waals surface area contributed by atoms with Crippen LogP contribution in [-0.2, 0) is 0 Å². The van der Waals surface area contributed by atoms with Gasteiger partial charge in [0, 0.05) is 39.0 Å². The summed E-state index contributed by atoms with van der Waals surface area (Å²) in [6.07, 6.45) is 0. The van der Waals surface area contributed by atoms with Crippen LogP contribution in [0.5, 0.6) is 11.5 Å². The smallest absolute Gasteiger partial charge is 0.256 e. The minimum absolute atomic E-state index is 0.193. The Morgan fingerprint density at radius 3 is 1.55 bits per heavy atom. The Morgan fingerprint density at radius 2 is 1.02 bits per heavy atom. The zero-order chi connectivity index (χ0) is 38.5. The van der Waals surface area contributed by atoms with Gasteiger partial charge in [0.25, 0.3) is 5.91 Å². The summed E-state index contributed by atoms with van der Waals surface area (Å²) < 4.78 is 11.0. The van der Waals surface area contributed by atoms with Crippen LogP contribution in [0.15, 0.2) is 121 Å². The van der Waals surface area contributed by atoms with E-state index >= 15 is 0 Å². The van der Waals surface area contributed by atoms with Crippen LogP contribution in [0.4, 0.5) is 22.7 Å². The number of hydrogen-bond donors (Lipinski definition) is 2. The number of carbonyl (C=O) groups excluding carboxylic acids is 2. The number of hydrogen-bond acceptors (Lipinski definition) is 5. The third-order valence-electron chi connectivity index (χ3n) is 10.8. The number of carbonyl (C=O) groups is 2. The van der Waals surface area contributed by atoms with Gasteiger partial charge in [0.15, 0.2) is 0 Å². The zero-order valence-electron chi connectivity index (χ0n) is 31.9. The van der Waals surface area contributed by atoms with Crippen molar-refractivity contribution in [3.63, 3.8) is 0 Å². The van der Waals surface area contributed by atoms with E-state index in [1.54, 1.807) is 20.3 Å². The first kappa shape index (κ1) is 35.4. The van der Waals surface area contributed by atoms with E-state index in [0.29, 0.717) is 16.5 Å². The molecule has 0 radical (unpaired) electrons. The molecule has 0 atom stereocenters. The van der Waals surface area contributed by atoms with Crippen molar-refractivity contribution < 1.29 is 19.1 Å². The van der Waals surface area contributed by atoms with Gasteiger partial charge in [0.05, 0.1) is 19.9 Å². The third kappa shape index (κ3) is 5.93. The summed E-state index contributed by atoms with van der Waals surface area (Å²) in [5.74, 6) is 1.06. The maximum atomic E-state index is 14.5. The number of amides is 2. The van der Waals surface area contributed by atoms with Crippen molar-refractivity contribution in [2.24, 2.45) is 5.73 Å². The molecule has 0 aliphatic heterocycles. The molecule has 8 rings (SSSR count). The molecule has 8 aromatic carbocycles. The number of fused-ring (bicyclic) bond motifs is 2. The molecule has 274 valence electrons. The minimum atomic E-state index is -0.586. The predicted octanol–water partition coefficient (Wildman–Crippen LogP) is 11.8. The number of ether oxygens (including phenoxy) is 2. The van der Waals surface area contributed by atoms with Gasteiger partial charge < -0.3 is 25.4 Å². The molecule has 0 saturated heterocycles. The molecular weight excluding hydrogens is 683 g/mol. The lowest BCUT2D eigenvalue weighted by molar-refractivity contribution is 0.100. The van der Waals surface area contributed by atoms with Crippen LogP contribution in [0.25, 0.3) is 43.1 Å². The highest BCUT2D eigenvalue weighted by Gasteiger charge is 2.25. The predicted molar refractivity (Wildman–Crippen MR) is 227 cm³/mol. The van der Waals surface area contributed by atoms with Crippen LogP contribution in [0.3, 0.4) is 0 Å². The fourth-order valence-electron chi connectivity index (χ4n) is 8.14. The monoisotopic (exact) mass is 725 g/mol. The molecule has 0 heterocycles. The number of methoxy groups -OCH3 is 2. The van der Waals surface area contributed by atoms with Crippen molar-refractivity contribution in [3.8, 4) is 11.5 Å². The van der Waals surface area contributed by atoms with Crippen LogP contribution in [0.2, 0.25) is 0 Å². The molecule has 0 bridgehead atoms. The van der Waals surface area contributed by atoms with E-state index in [1.807, 2.05) is 48.5 Å². The number of para-hydroxylation sites is 1. The number of nitrogens with one attached hydrogen (secondary N) is 1. The second-order valence-corrected chi connectivity index (χ2v) is 14.6. The van der Waals surface area contributed by atoms with Crippen molar-refractivity contribution in [1.82, 2.24) is 0 Å². The molecule has 7 heteroatoms. The van der Waals surface area contributed by atoms with Crippen LogP contribution in [0.1, 0.15) is 71.4 Å². The highest BCUT2D eigenvalue weighted by atomic mass is 16.5. The summed E-state index contributed by atoms with van der Waals surface area (Å²) in [6, 6.07) is 40.4. The SMILES string of the molecule is COc1ccc(N(c2ccc(OC)cc2)c2ccc3c4ccc(C(N)=O)c5c(C(=O)Nc6c(C(C)C)cccc6C(C)C)ccc(c6cccc2c36)c54)cc1. The molecule has 7 nitrogen and oxygen atoms in total. The van der Waals surface area contributed by atoms with E-state index in [2.05, 4.69) is 105 Å². The van der Waals surface area contributed by atoms with E-state index in [0.717, 1.165) is 83.1 Å². The van der Waals surface area contributed by atoms with Gasteiger partial charge >= 0.3 is 0 Å². The Labute approximate surface area is 320 Å². The lowest BCUT2D eigenvalue weighted by Gasteiger charge is -2.28. The van der Waals surface area contributed by atoms with Gasteiger partial charge in [-0.05, 0) is 122 Å². The lowest BCUT2D eigenvalue weighted by Crippen LogP contribution is -2.18. The Kier molecular flexibility index (Phi) is 9.01. The van der Waals surface area contributed by atoms with E-state index in [9.17, 15) is 9.59 Å². The number of primary amides is 1. The molecule has 3 N–H and O–H groups in total. The van der Waals surface area contributed by atoms with Crippen LogP contribution >= 0.6 is 0 Å². The summed E-state index contributed by atoms with van der Waals surface area (Å²) in [4.78, 5) is 29.9. The van der Waals surface area contributed by atoms with Gasteiger partial charge in [-0.1, -0.05) is 82.3 Å². The second-order valence-electron chi connectivity index (χ2n) is 14.6. The Bertz CT molecular complexity index is 2660. The van der Waals surface area contributed by atoms with Crippen LogP contribution in [-0.4, -0.2) is 26.0 Å². The number of nitrogens with two attached hydrogens (primary N) is 1. The van der Waals surface area contributed by atoms with Gasteiger partial charge in [0.2, 0.25) is 5.91 Å². The third-order valence-corrected chi connectivity index (χ3v) is 10.8. The number of anilines is 4. The van der Waals surface area contributed by atoms with Crippen molar-refractivity contribution in [3.05, 3.63) is 144 Å². The molecule has 0 spiro atoms. The van der Waals surface area contributed by atoms with Crippen LogP contribution < -0.4 is 25.4 Å². The number of benzene rings is 8. The minimum Gasteiger partial charge on any atom is -0.497 e. The van der Waals surface area contributed by atoms with Crippen molar-refractivity contribution in [2.45, 2.75) is 39.5 Å². The van der Waals surface area contributed by atoms with E-state index in [4.69, 9.17) is 15.2 Å². The summed E-state index contributed by atoms with van der Waals surface area (Å²) >= 11 is 0. The highest BCUT2D eigenvalue weighted by molar-refractivity contribution is 6.37. The van der Waals surface area contributed by atoms with Gasteiger partial charge in [-0.3, -0.25) is 9.59 Å². The first-order chi connectivity index (χ1) is 26.6. The van der Waals surface area contributed by atoms with Crippen molar-refractivity contribution >= 4 is 77.7 Å². The molecular formula is C48H43N3O4. The normalized spacial score (nSPS) is 11.6. The zero-order valence-corrected chi connectivity index (χ0v) is 31.9. The van der Waals surface area contributed by atoms with Crippen molar-refractivity contribution in [1.29, 1.82) is 0 Å². The van der Waals surface area contributed by atoms with E-state index < -0.39 is 5.91 Å². The topological polar surface area (TPSA) is 93.9 Å². The van der Waals surface area contributed by atoms with Crippen LogP contribution in [0, 0.1) is 0 Å². The Morgan fingerprint density at radius 1 is 0.545 bits per heavy atom. The summed E-state index contributed by atoms with van der Waals surface area (Å²) in [5.41, 5.74) is 12.6. The molecule has 0 fully saturated rings. The number of nitrogens with zero attached hydrogens (tertiary/aromatic N) is 1. The van der Waals surface area contributed by atoms with Gasteiger partial charge in [-0.15, -0.1) is 0 Å². The molecule has 0 aliphatic rings. The quantitative estimate of drug-likeness (QED) is 0.108. The molecule has 8 aromatic rings. The molecule has 0 unspecified atom stereocenters. The Hall–Kier alpha value is -6.60. The summed E-state index contributed by atoms with van der Waals surface area (Å²) in [5, 5.41) is 10.7. The van der Waals surface area contributed by atoms with Gasteiger partial charge in [-0.2, -0.15) is 0 Å². The summed E-state index contributed by atoms with van der Waals surface area (Å²) in [7, 11) is 3.33. The lowest BCUT2D eigenvalue weighted by atomic mass is 9.85. The largest absolute Gasteiger partial charge is 0.497 e. The van der Waals surface area contributed by atoms with Gasteiger partial charge in [0.1, 0.15) is 11.5 Å². The molecule has 2 amide bonds. The second kappa shape index (κ2) is 14.0. The fraction of sp³-hybridized carbons (Fsp3) is 0.167. The first-order valence-electron chi connectivity index (χ1n) is 18.6. The molecule has 0 saturated carbocycles. The fourth-order valence-corrected chi connectivity index (χ4v) is 8.14.